The third-order valence-corrected chi connectivity index (χ3v) is 1.54. The maximum Gasteiger partial charge on any atom is 0.707 e. The molecule has 0 amide bonds. The summed E-state index contributed by atoms with van der Waals surface area (Å²) in [5.41, 5.74) is 0.678. The number of carboxylic acids is 1. The lowest BCUT2D eigenvalue weighted by Gasteiger charge is -2.03. The number of rotatable bonds is 4. The second-order valence-electron chi connectivity index (χ2n) is 2.68. The molecular formula is C9H9BO5. The monoisotopic (exact) mass is 208 g/mol. The fourth-order valence-corrected chi connectivity index (χ4v) is 0.947. The molecule has 0 aliphatic carbocycles. The van der Waals surface area contributed by atoms with Gasteiger partial charge in [0, 0.05) is 6.08 Å². The molecule has 0 saturated carbocycles. The Morgan fingerprint density at radius 3 is 2.33 bits per heavy atom. The number of carbonyl (C=O) groups is 1. The van der Waals surface area contributed by atoms with Crippen LogP contribution in [0.25, 0.3) is 6.08 Å². The van der Waals surface area contributed by atoms with E-state index in [1.165, 1.54) is 18.2 Å². The van der Waals surface area contributed by atoms with Crippen molar-refractivity contribution in [1.29, 1.82) is 0 Å². The quantitative estimate of drug-likeness (QED) is 0.483. The molecule has 0 aromatic heterocycles. The molecule has 1 aromatic carbocycles. The summed E-state index contributed by atoms with van der Waals surface area (Å²) < 4.78 is 4.57. The largest absolute Gasteiger partial charge is 0.707 e. The average Bonchev–Trinajstić information content (AvgIpc) is 2.16. The van der Waals surface area contributed by atoms with Crippen molar-refractivity contribution in [2.75, 3.05) is 0 Å². The van der Waals surface area contributed by atoms with Crippen molar-refractivity contribution in [3.63, 3.8) is 0 Å². The van der Waals surface area contributed by atoms with Crippen LogP contribution in [0, 0.1) is 0 Å². The van der Waals surface area contributed by atoms with Gasteiger partial charge in [-0.2, -0.15) is 0 Å². The highest BCUT2D eigenvalue weighted by molar-refractivity contribution is 6.33. The molecule has 0 bridgehead atoms. The lowest BCUT2D eigenvalue weighted by Crippen LogP contribution is -2.20. The van der Waals surface area contributed by atoms with Crippen molar-refractivity contribution < 1.29 is 24.6 Å². The Morgan fingerprint density at radius 2 is 1.87 bits per heavy atom. The predicted octanol–water partition coefficient (Wildman–Crippen LogP) is 0.133. The molecule has 15 heavy (non-hydrogen) atoms. The van der Waals surface area contributed by atoms with Crippen LogP contribution in [-0.2, 0) is 4.79 Å². The summed E-state index contributed by atoms with van der Waals surface area (Å²) in [6.45, 7) is 0. The molecule has 6 heteroatoms. The van der Waals surface area contributed by atoms with E-state index in [-0.39, 0.29) is 5.75 Å². The first kappa shape index (κ1) is 11.3. The topological polar surface area (TPSA) is 87.0 Å². The number of hydrogen-bond donors (Lipinski definition) is 3. The van der Waals surface area contributed by atoms with Crippen molar-refractivity contribution in [2.24, 2.45) is 0 Å². The van der Waals surface area contributed by atoms with Crippen molar-refractivity contribution in [3.05, 3.63) is 35.9 Å². The van der Waals surface area contributed by atoms with Crippen LogP contribution < -0.4 is 4.65 Å². The molecule has 0 fully saturated rings. The Labute approximate surface area is 86.4 Å². The van der Waals surface area contributed by atoms with Gasteiger partial charge < -0.3 is 19.8 Å². The summed E-state index contributed by atoms with van der Waals surface area (Å²) in [6, 6.07) is 6.19. The van der Waals surface area contributed by atoms with Crippen LogP contribution >= 0.6 is 0 Å². The van der Waals surface area contributed by atoms with Crippen molar-refractivity contribution >= 4 is 19.4 Å². The SMILES string of the molecule is O=C(O)C=Cc1ccc(OB(O)O)cc1. The van der Waals surface area contributed by atoms with E-state index in [4.69, 9.17) is 15.2 Å². The van der Waals surface area contributed by atoms with E-state index in [1.807, 2.05) is 0 Å². The summed E-state index contributed by atoms with van der Waals surface area (Å²) in [5.74, 6) is -0.737. The molecule has 0 atom stereocenters. The fraction of sp³-hybridized carbons (Fsp3) is 0. The summed E-state index contributed by atoms with van der Waals surface area (Å²) in [6.07, 6.45) is 2.43. The first-order valence-electron chi connectivity index (χ1n) is 4.12. The van der Waals surface area contributed by atoms with Crippen molar-refractivity contribution in [3.8, 4) is 5.75 Å². The molecule has 0 saturated heterocycles. The Hall–Kier alpha value is -1.79. The molecule has 78 valence electrons. The first-order valence-corrected chi connectivity index (χ1v) is 4.12. The van der Waals surface area contributed by atoms with E-state index < -0.39 is 13.3 Å². The highest BCUT2D eigenvalue weighted by Crippen LogP contribution is 2.13. The molecule has 3 N–H and O–H groups in total. The van der Waals surface area contributed by atoms with Crippen molar-refractivity contribution in [1.82, 2.24) is 0 Å². The lowest BCUT2D eigenvalue weighted by molar-refractivity contribution is -0.131. The van der Waals surface area contributed by atoms with Crippen LogP contribution in [0.5, 0.6) is 5.75 Å². The molecule has 0 radical (unpaired) electrons. The standard InChI is InChI=1S/C9H9BO5/c11-9(12)6-3-7-1-4-8(5-2-7)15-10(13)14/h1-6,13-14H,(H,11,12). The lowest BCUT2D eigenvalue weighted by atomic mass is 10.2. The van der Waals surface area contributed by atoms with Gasteiger partial charge >= 0.3 is 13.3 Å². The molecule has 1 rings (SSSR count). The predicted molar refractivity (Wildman–Crippen MR) is 53.9 cm³/mol. The Kier molecular flexibility index (Phi) is 3.90. The maximum atomic E-state index is 10.2. The molecule has 0 heterocycles. The molecule has 0 aliphatic heterocycles. The van der Waals surface area contributed by atoms with E-state index in [0.717, 1.165) is 6.08 Å². The van der Waals surface area contributed by atoms with Gasteiger partial charge in [-0.1, -0.05) is 12.1 Å². The highest BCUT2D eigenvalue weighted by Gasteiger charge is 2.10. The van der Waals surface area contributed by atoms with Crippen LogP contribution in [0.3, 0.4) is 0 Å². The van der Waals surface area contributed by atoms with Gasteiger partial charge in [0.25, 0.3) is 0 Å². The molecule has 1 aromatic rings. The Balaban J connectivity index is 2.68. The van der Waals surface area contributed by atoms with Crippen LogP contribution in [0.4, 0.5) is 0 Å². The summed E-state index contributed by atoms with van der Waals surface area (Å²) in [7, 11) is -1.86. The second kappa shape index (κ2) is 5.18. The number of benzene rings is 1. The van der Waals surface area contributed by atoms with Gasteiger partial charge in [0.15, 0.2) is 0 Å². The minimum atomic E-state index is -1.86. The van der Waals surface area contributed by atoms with E-state index in [0.29, 0.717) is 5.56 Å². The third kappa shape index (κ3) is 4.30. The maximum absolute atomic E-state index is 10.2. The van der Waals surface area contributed by atoms with Crippen LogP contribution in [0.1, 0.15) is 5.56 Å². The molecular weight excluding hydrogens is 199 g/mol. The van der Waals surface area contributed by atoms with Gasteiger partial charge in [-0.3, -0.25) is 0 Å². The van der Waals surface area contributed by atoms with E-state index in [2.05, 4.69) is 4.65 Å². The number of hydrogen-bond acceptors (Lipinski definition) is 4. The van der Waals surface area contributed by atoms with Crippen LogP contribution in [0.15, 0.2) is 30.3 Å². The third-order valence-electron chi connectivity index (χ3n) is 1.54. The fourth-order valence-electron chi connectivity index (χ4n) is 0.947. The molecule has 0 unspecified atom stereocenters. The molecule has 0 spiro atoms. The smallest absolute Gasteiger partial charge is 0.512 e. The van der Waals surface area contributed by atoms with Gasteiger partial charge in [0.1, 0.15) is 5.75 Å². The van der Waals surface area contributed by atoms with Gasteiger partial charge in [-0.25, -0.2) is 4.79 Å². The first-order chi connectivity index (χ1) is 7.08. The Bertz CT molecular complexity index is 357. The second-order valence-corrected chi connectivity index (χ2v) is 2.68. The van der Waals surface area contributed by atoms with Gasteiger partial charge in [0.2, 0.25) is 0 Å². The zero-order valence-corrected chi connectivity index (χ0v) is 7.70. The zero-order valence-electron chi connectivity index (χ0n) is 7.70. The van der Waals surface area contributed by atoms with Gasteiger partial charge in [-0.05, 0) is 23.8 Å². The van der Waals surface area contributed by atoms with E-state index >= 15 is 0 Å². The summed E-state index contributed by atoms with van der Waals surface area (Å²) in [4.78, 5) is 10.2. The van der Waals surface area contributed by atoms with E-state index in [1.54, 1.807) is 12.1 Å². The van der Waals surface area contributed by atoms with Crippen LogP contribution in [-0.4, -0.2) is 28.4 Å². The molecule has 0 aliphatic rings. The summed E-state index contributed by atoms with van der Waals surface area (Å²) >= 11 is 0. The van der Waals surface area contributed by atoms with E-state index in [9.17, 15) is 4.79 Å². The highest BCUT2D eigenvalue weighted by atomic mass is 16.6. The van der Waals surface area contributed by atoms with Crippen LogP contribution in [0.2, 0.25) is 0 Å². The minimum absolute atomic E-state index is 0.289. The van der Waals surface area contributed by atoms with Crippen molar-refractivity contribution in [2.45, 2.75) is 0 Å². The Morgan fingerprint density at radius 1 is 1.27 bits per heavy atom. The number of aliphatic carboxylic acids is 1. The van der Waals surface area contributed by atoms with Gasteiger partial charge in [-0.15, -0.1) is 0 Å². The molecule has 5 nitrogen and oxygen atoms in total. The average molecular weight is 208 g/mol. The van der Waals surface area contributed by atoms with Gasteiger partial charge in [0.05, 0.1) is 0 Å². The zero-order chi connectivity index (χ0) is 11.3. The normalized spacial score (nSPS) is 10.3. The summed E-state index contributed by atoms with van der Waals surface area (Å²) in [5, 5.41) is 25.4. The number of carboxylic acid groups (broad SMARTS) is 1. The minimum Gasteiger partial charge on any atom is -0.512 e.